The lowest BCUT2D eigenvalue weighted by Crippen LogP contribution is -2.50. The van der Waals surface area contributed by atoms with Gasteiger partial charge in [-0.25, -0.2) is 8.42 Å². The van der Waals surface area contributed by atoms with Crippen LogP contribution in [0.25, 0.3) is 0 Å². The highest BCUT2D eigenvalue weighted by molar-refractivity contribution is 7.89. The summed E-state index contributed by atoms with van der Waals surface area (Å²) in [6.07, 6.45) is 6.34. The summed E-state index contributed by atoms with van der Waals surface area (Å²) in [5.41, 5.74) is 1.93. The lowest BCUT2D eigenvalue weighted by Gasteiger charge is -2.37. The van der Waals surface area contributed by atoms with Crippen LogP contribution in [-0.2, 0) is 14.9 Å². The van der Waals surface area contributed by atoms with Crippen LogP contribution in [0.2, 0.25) is 0 Å². The number of oxime groups is 1. The molecule has 0 unspecified atom stereocenters. The predicted molar refractivity (Wildman–Crippen MR) is 99.1 cm³/mol. The fraction of sp³-hybridized carbons (Fsp3) is 0.632. The van der Waals surface area contributed by atoms with E-state index in [0.29, 0.717) is 18.0 Å². The van der Waals surface area contributed by atoms with Crippen LogP contribution in [0.1, 0.15) is 51.0 Å². The molecule has 25 heavy (non-hydrogen) atoms. The van der Waals surface area contributed by atoms with Crippen molar-refractivity contribution in [2.24, 2.45) is 11.1 Å². The number of unbranched alkanes of at least 4 members (excludes halogenated alkanes) is 3. The van der Waals surface area contributed by atoms with Gasteiger partial charge < -0.3 is 4.84 Å². The predicted octanol–water partition coefficient (Wildman–Crippen LogP) is 3.73. The number of hydrogen-bond acceptors (Lipinski definition) is 4. The summed E-state index contributed by atoms with van der Waals surface area (Å²) >= 11 is 0. The minimum Gasteiger partial charge on any atom is -0.395 e. The van der Waals surface area contributed by atoms with Gasteiger partial charge in [-0.15, -0.1) is 0 Å². The van der Waals surface area contributed by atoms with Crippen molar-refractivity contribution in [1.29, 1.82) is 0 Å². The van der Waals surface area contributed by atoms with Crippen LogP contribution in [0.15, 0.2) is 34.3 Å². The normalized spacial score (nSPS) is 23.8. The van der Waals surface area contributed by atoms with E-state index in [1.54, 1.807) is 16.4 Å². The SMILES string of the molecule is CCCCCC[C@H]1C[C@@H]2CON=C2CN1S(=O)(=O)c1ccc(C)cc1. The number of sulfonamides is 1. The number of aryl methyl sites for hydroxylation is 1. The molecule has 2 heterocycles. The summed E-state index contributed by atoms with van der Waals surface area (Å²) in [5.74, 6) is 0.278. The van der Waals surface area contributed by atoms with Crippen molar-refractivity contribution in [3.63, 3.8) is 0 Å². The fourth-order valence-corrected chi connectivity index (χ4v) is 5.31. The average molecular weight is 365 g/mol. The van der Waals surface area contributed by atoms with Gasteiger partial charge in [-0.2, -0.15) is 4.31 Å². The van der Waals surface area contributed by atoms with Crippen molar-refractivity contribution in [1.82, 2.24) is 4.31 Å². The Bertz CT molecular complexity index is 713. The number of fused-ring (bicyclic) bond motifs is 1. The molecule has 0 saturated carbocycles. The number of hydrogen-bond donors (Lipinski definition) is 0. The zero-order chi connectivity index (χ0) is 17.9. The molecule has 2 aliphatic heterocycles. The summed E-state index contributed by atoms with van der Waals surface area (Å²) in [4.78, 5) is 5.60. The van der Waals surface area contributed by atoms with E-state index in [-0.39, 0.29) is 12.0 Å². The minimum atomic E-state index is -3.51. The summed E-state index contributed by atoms with van der Waals surface area (Å²) < 4.78 is 28.1. The molecule has 0 aromatic heterocycles. The van der Waals surface area contributed by atoms with Gasteiger partial charge in [0.2, 0.25) is 10.0 Å². The van der Waals surface area contributed by atoms with Crippen LogP contribution in [0.4, 0.5) is 0 Å². The van der Waals surface area contributed by atoms with Gasteiger partial charge >= 0.3 is 0 Å². The first kappa shape index (κ1) is 18.4. The van der Waals surface area contributed by atoms with Gasteiger partial charge in [-0.05, 0) is 31.9 Å². The van der Waals surface area contributed by atoms with Crippen molar-refractivity contribution in [3.05, 3.63) is 29.8 Å². The van der Waals surface area contributed by atoms with E-state index in [0.717, 1.165) is 37.0 Å². The maximum absolute atomic E-state index is 13.2. The monoisotopic (exact) mass is 364 g/mol. The van der Waals surface area contributed by atoms with E-state index in [4.69, 9.17) is 4.84 Å². The van der Waals surface area contributed by atoms with Crippen molar-refractivity contribution in [2.45, 2.75) is 63.3 Å². The van der Waals surface area contributed by atoms with Crippen LogP contribution >= 0.6 is 0 Å². The van der Waals surface area contributed by atoms with Gasteiger partial charge in [-0.1, -0.05) is 55.5 Å². The molecule has 138 valence electrons. The Morgan fingerprint density at radius 2 is 1.96 bits per heavy atom. The molecular weight excluding hydrogens is 336 g/mol. The number of benzene rings is 1. The Balaban J connectivity index is 1.81. The molecule has 5 nitrogen and oxygen atoms in total. The summed E-state index contributed by atoms with van der Waals surface area (Å²) in [5, 5.41) is 4.08. The van der Waals surface area contributed by atoms with Crippen LogP contribution < -0.4 is 0 Å². The van der Waals surface area contributed by atoms with Crippen LogP contribution in [0, 0.1) is 12.8 Å². The quantitative estimate of drug-likeness (QED) is 0.693. The Hall–Kier alpha value is -1.40. The third kappa shape index (κ3) is 4.06. The molecule has 1 fully saturated rings. The fourth-order valence-electron chi connectivity index (χ4n) is 3.67. The highest BCUT2D eigenvalue weighted by atomic mass is 32.2. The molecule has 1 aromatic carbocycles. The lowest BCUT2D eigenvalue weighted by atomic mass is 9.89. The molecule has 0 aliphatic carbocycles. The zero-order valence-electron chi connectivity index (χ0n) is 15.1. The second-order valence-corrected chi connectivity index (χ2v) is 9.07. The second-order valence-electron chi connectivity index (χ2n) is 7.18. The standard InChI is InChI=1S/C19H28N2O3S/c1-3-4-5-6-7-17-12-16-14-24-20-19(16)13-21(17)25(22,23)18-10-8-15(2)9-11-18/h8-11,16-17H,3-7,12-14H2,1-2H3/t16-,17+/m1/s1. The molecule has 1 saturated heterocycles. The zero-order valence-corrected chi connectivity index (χ0v) is 16.0. The minimum absolute atomic E-state index is 0.0359. The van der Waals surface area contributed by atoms with Crippen LogP contribution in [-0.4, -0.2) is 37.6 Å². The molecule has 0 bridgehead atoms. The number of nitrogens with zero attached hydrogens (tertiary/aromatic N) is 2. The van der Waals surface area contributed by atoms with Crippen LogP contribution in [0.5, 0.6) is 0 Å². The number of rotatable bonds is 7. The summed E-state index contributed by atoms with van der Waals surface area (Å²) in [6.45, 7) is 5.11. The highest BCUT2D eigenvalue weighted by Gasteiger charge is 2.41. The smallest absolute Gasteiger partial charge is 0.243 e. The van der Waals surface area contributed by atoms with Gasteiger partial charge in [0.25, 0.3) is 0 Å². The van der Waals surface area contributed by atoms with Gasteiger partial charge in [0, 0.05) is 12.0 Å². The van der Waals surface area contributed by atoms with Crippen molar-refractivity contribution < 1.29 is 13.3 Å². The van der Waals surface area contributed by atoms with E-state index in [1.165, 1.54) is 12.8 Å². The lowest BCUT2D eigenvalue weighted by molar-refractivity contribution is 0.144. The van der Waals surface area contributed by atoms with Crippen molar-refractivity contribution in [2.75, 3.05) is 13.2 Å². The molecule has 2 atom stereocenters. The molecule has 0 radical (unpaired) electrons. The van der Waals surface area contributed by atoms with Gasteiger partial charge in [0.05, 0.1) is 17.2 Å². The second kappa shape index (κ2) is 7.87. The highest BCUT2D eigenvalue weighted by Crippen LogP contribution is 2.32. The Labute approximate surface area is 151 Å². The van der Waals surface area contributed by atoms with E-state index in [1.807, 2.05) is 19.1 Å². The van der Waals surface area contributed by atoms with Gasteiger partial charge in [0.1, 0.15) is 6.61 Å². The summed E-state index contributed by atoms with van der Waals surface area (Å²) in [6, 6.07) is 7.15. The maximum Gasteiger partial charge on any atom is 0.243 e. The topological polar surface area (TPSA) is 59.0 Å². The third-order valence-electron chi connectivity index (χ3n) is 5.23. The van der Waals surface area contributed by atoms with E-state index < -0.39 is 10.0 Å². The molecular formula is C19H28N2O3S. The first-order chi connectivity index (χ1) is 12.0. The maximum atomic E-state index is 13.2. The largest absolute Gasteiger partial charge is 0.395 e. The molecule has 3 rings (SSSR count). The first-order valence-electron chi connectivity index (χ1n) is 9.29. The third-order valence-corrected chi connectivity index (χ3v) is 7.14. The Kier molecular flexibility index (Phi) is 5.79. The average Bonchev–Trinajstić information content (AvgIpc) is 3.06. The summed E-state index contributed by atoms with van der Waals surface area (Å²) in [7, 11) is -3.51. The van der Waals surface area contributed by atoms with Gasteiger partial charge in [-0.3, -0.25) is 0 Å². The Morgan fingerprint density at radius 3 is 2.68 bits per heavy atom. The first-order valence-corrected chi connectivity index (χ1v) is 10.7. The van der Waals surface area contributed by atoms with Crippen molar-refractivity contribution >= 4 is 15.7 Å². The molecule has 0 spiro atoms. The van der Waals surface area contributed by atoms with Gasteiger partial charge in [0.15, 0.2) is 0 Å². The molecule has 6 heteroatoms. The van der Waals surface area contributed by atoms with Crippen molar-refractivity contribution in [3.8, 4) is 0 Å². The molecule has 1 aromatic rings. The molecule has 0 N–H and O–H groups in total. The van der Waals surface area contributed by atoms with E-state index >= 15 is 0 Å². The van der Waals surface area contributed by atoms with E-state index in [9.17, 15) is 8.42 Å². The number of piperidine rings is 1. The van der Waals surface area contributed by atoms with Crippen LogP contribution in [0.3, 0.4) is 0 Å². The van der Waals surface area contributed by atoms with E-state index in [2.05, 4.69) is 12.1 Å². The molecule has 0 amide bonds. The molecule has 2 aliphatic rings. The Morgan fingerprint density at radius 1 is 1.20 bits per heavy atom.